The number of anilines is 1. The summed E-state index contributed by atoms with van der Waals surface area (Å²) in [6.45, 7) is 1.87. The number of halogens is 1. The average Bonchev–Trinajstić information content (AvgIpc) is 2.54. The van der Waals surface area contributed by atoms with Crippen molar-refractivity contribution in [1.29, 1.82) is 0 Å². The number of nitrogens with zero attached hydrogens (tertiary/aromatic N) is 1. The van der Waals surface area contributed by atoms with E-state index in [4.69, 9.17) is 11.6 Å². The van der Waals surface area contributed by atoms with Gasteiger partial charge in [-0.1, -0.05) is 29.8 Å². The van der Waals surface area contributed by atoms with Gasteiger partial charge in [-0.25, -0.2) is 4.79 Å². The van der Waals surface area contributed by atoms with Gasteiger partial charge in [0.15, 0.2) is 0 Å². The Hall–Kier alpha value is -2.53. The van der Waals surface area contributed by atoms with E-state index in [1.54, 1.807) is 44.4 Å². The fourth-order valence-electron chi connectivity index (χ4n) is 2.21. The lowest BCUT2D eigenvalue weighted by Gasteiger charge is -2.16. The Morgan fingerprint density at radius 1 is 1.08 bits per heavy atom. The van der Waals surface area contributed by atoms with Gasteiger partial charge in [0.05, 0.1) is 6.04 Å². The number of hydrogen-bond acceptors (Lipinski definition) is 2. The van der Waals surface area contributed by atoms with Crippen molar-refractivity contribution >= 4 is 29.2 Å². The second kappa shape index (κ2) is 7.84. The van der Waals surface area contributed by atoms with Crippen molar-refractivity contribution in [2.24, 2.45) is 0 Å². The number of nitrogens with one attached hydrogen (secondary N) is 2. The third kappa shape index (κ3) is 4.73. The minimum atomic E-state index is -0.350. The van der Waals surface area contributed by atoms with Gasteiger partial charge >= 0.3 is 6.03 Å². The normalized spacial score (nSPS) is 11.5. The number of rotatable bonds is 4. The van der Waals surface area contributed by atoms with E-state index in [0.717, 1.165) is 5.56 Å². The van der Waals surface area contributed by atoms with Crippen LogP contribution in [0.4, 0.5) is 10.5 Å². The molecular formula is C18H20ClN3O2. The van der Waals surface area contributed by atoms with Gasteiger partial charge in [0, 0.05) is 30.4 Å². The maximum Gasteiger partial charge on any atom is 0.319 e. The number of carbonyl (C=O) groups is 2. The molecule has 0 saturated heterocycles. The summed E-state index contributed by atoms with van der Waals surface area (Å²) in [5.41, 5.74) is 1.98. The van der Waals surface area contributed by atoms with Crippen LogP contribution in [0.2, 0.25) is 5.02 Å². The molecule has 0 aromatic heterocycles. The van der Waals surface area contributed by atoms with E-state index in [-0.39, 0.29) is 18.0 Å². The Kier molecular flexibility index (Phi) is 5.82. The van der Waals surface area contributed by atoms with Crippen LogP contribution in [0.5, 0.6) is 0 Å². The molecule has 2 aromatic carbocycles. The molecule has 2 rings (SSSR count). The molecule has 0 heterocycles. The van der Waals surface area contributed by atoms with Crippen molar-refractivity contribution in [3.63, 3.8) is 0 Å². The molecule has 2 N–H and O–H groups in total. The van der Waals surface area contributed by atoms with Gasteiger partial charge < -0.3 is 15.5 Å². The highest BCUT2D eigenvalue weighted by Crippen LogP contribution is 2.18. The van der Waals surface area contributed by atoms with E-state index in [1.807, 2.05) is 25.1 Å². The van der Waals surface area contributed by atoms with E-state index in [9.17, 15) is 9.59 Å². The predicted octanol–water partition coefficient (Wildman–Crippen LogP) is 3.92. The van der Waals surface area contributed by atoms with E-state index in [2.05, 4.69) is 10.6 Å². The van der Waals surface area contributed by atoms with Crippen LogP contribution in [0.3, 0.4) is 0 Å². The van der Waals surface area contributed by atoms with E-state index < -0.39 is 0 Å². The Morgan fingerprint density at radius 3 is 2.46 bits per heavy atom. The van der Waals surface area contributed by atoms with Crippen LogP contribution in [-0.2, 0) is 0 Å². The molecule has 6 heteroatoms. The molecule has 0 aliphatic rings. The SMILES string of the molecule is C[C@@H](NC(=O)Nc1cccc(C(=O)N(C)C)c1)c1cccc(Cl)c1. The zero-order valence-corrected chi connectivity index (χ0v) is 14.6. The molecule has 5 nitrogen and oxygen atoms in total. The lowest BCUT2D eigenvalue weighted by molar-refractivity contribution is 0.0827. The van der Waals surface area contributed by atoms with Crippen LogP contribution in [-0.4, -0.2) is 30.9 Å². The summed E-state index contributed by atoms with van der Waals surface area (Å²) in [6, 6.07) is 13.6. The van der Waals surface area contributed by atoms with Gasteiger partial charge in [-0.05, 0) is 42.8 Å². The smallest absolute Gasteiger partial charge is 0.319 e. The summed E-state index contributed by atoms with van der Waals surface area (Å²) in [4.78, 5) is 25.6. The van der Waals surface area contributed by atoms with Gasteiger partial charge in [0.25, 0.3) is 5.91 Å². The highest BCUT2D eigenvalue weighted by Gasteiger charge is 2.12. The fourth-order valence-corrected chi connectivity index (χ4v) is 2.41. The first kappa shape index (κ1) is 17.8. The van der Waals surface area contributed by atoms with Crippen LogP contribution < -0.4 is 10.6 Å². The highest BCUT2D eigenvalue weighted by atomic mass is 35.5. The molecule has 0 saturated carbocycles. The largest absolute Gasteiger partial charge is 0.345 e. The topological polar surface area (TPSA) is 61.4 Å². The van der Waals surface area contributed by atoms with Gasteiger partial charge in [0.2, 0.25) is 0 Å². The van der Waals surface area contributed by atoms with Crippen LogP contribution in [0.15, 0.2) is 48.5 Å². The lowest BCUT2D eigenvalue weighted by atomic mass is 10.1. The molecule has 0 aliphatic carbocycles. The lowest BCUT2D eigenvalue weighted by Crippen LogP contribution is -2.31. The summed E-state index contributed by atoms with van der Waals surface area (Å²) in [5, 5.41) is 6.20. The molecule has 24 heavy (non-hydrogen) atoms. The zero-order chi connectivity index (χ0) is 17.7. The van der Waals surface area contributed by atoms with E-state index in [0.29, 0.717) is 16.3 Å². The van der Waals surface area contributed by atoms with Gasteiger partial charge in [-0.2, -0.15) is 0 Å². The third-order valence-electron chi connectivity index (χ3n) is 3.47. The molecule has 0 bridgehead atoms. The maximum atomic E-state index is 12.1. The highest BCUT2D eigenvalue weighted by molar-refractivity contribution is 6.30. The fraction of sp³-hybridized carbons (Fsp3) is 0.222. The van der Waals surface area contributed by atoms with Crippen molar-refractivity contribution in [3.8, 4) is 0 Å². The van der Waals surface area contributed by atoms with Crippen molar-refractivity contribution < 1.29 is 9.59 Å². The number of benzene rings is 2. The molecular weight excluding hydrogens is 326 g/mol. The molecule has 0 spiro atoms. The number of hydrogen-bond donors (Lipinski definition) is 2. The van der Waals surface area contributed by atoms with Gasteiger partial charge in [0.1, 0.15) is 0 Å². The molecule has 126 valence electrons. The average molecular weight is 346 g/mol. The monoisotopic (exact) mass is 345 g/mol. The minimum absolute atomic E-state index is 0.119. The summed E-state index contributed by atoms with van der Waals surface area (Å²) in [6.07, 6.45) is 0. The Bertz CT molecular complexity index is 747. The summed E-state index contributed by atoms with van der Waals surface area (Å²) >= 11 is 5.96. The van der Waals surface area contributed by atoms with E-state index in [1.165, 1.54) is 4.90 Å². The number of urea groups is 1. The first-order chi connectivity index (χ1) is 11.4. The van der Waals surface area contributed by atoms with Crippen LogP contribution in [0, 0.1) is 0 Å². The van der Waals surface area contributed by atoms with Crippen LogP contribution in [0.1, 0.15) is 28.9 Å². The predicted molar refractivity (Wildman–Crippen MR) is 96.5 cm³/mol. The first-order valence-electron chi connectivity index (χ1n) is 7.51. The first-order valence-corrected chi connectivity index (χ1v) is 7.89. The Morgan fingerprint density at radius 2 is 1.79 bits per heavy atom. The molecule has 3 amide bonds. The Labute approximate surface area is 146 Å². The molecule has 0 radical (unpaired) electrons. The molecule has 0 aliphatic heterocycles. The third-order valence-corrected chi connectivity index (χ3v) is 3.70. The van der Waals surface area contributed by atoms with Crippen LogP contribution in [0.25, 0.3) is 0 Å². The van der Waals surface area contributed by atoms with Crippen LogP contribution >= 0.6 is 11.6 Å². The van der Waals surface area contributed by atoms with Crippen molar-refractivity contribution in [1.82, 2.24) is 10.2 Å². The second-order valence-corrected chi connectivity index (χ2v) is 6.09. The molecule has 0 fully saturated rings. The summed E-state index contributed by atoms with van der Waals surface area (Å²) in [7, 11) is 3.36. The standard InChI is InChI=1S/C18H20ClN3O2/c1-12(13-6-4-8-15(19)10-13)20-18(24)21-16-9-5-7-14(11-16)17(23)22(2)3/h4-12H,1-3H3,(H2,20,21,24)/t12-/m1/s1. The van der Waals surface area contributed by atoms with E-state index >= 15 is 0 Å². The summed E-state index contributed by atoms with van der Waals surface area (Å²) < 4.78 is 0. The maximum absolute atomic E-state index is 12.1. The Balaban J connectivity index is 2.02. The van der Waals surface area contributed by atoms with Gasteiger partial charge in [-0.15, -0.1) is 0 Å². The molecule has 2 aromatic rings. The number of amides is 3. The van der Waals surface area contributed by atoms with Gasteiger partial charge in [-0.3, -0.25) is 4.79 Å². The van der Waals surface area contributed by atoms with Crippen molar-refractivity contribution in [2.45, 2.75) is 13.0 Å². The van der Waals surface area contributed by atoms with Crippen molar-refractivity contribution in [3.05, 3.63) is 64.7 Å². The quantitative estimate of drug-likeness (QED) is 0.882. The molecule has 0 unspecified atom stereocenters. The second-order valence-electron chi connectivity index (χ2n) is 5.66. The summed E-state index contributed by atoms with van der Waals surface area (Å²) in [5.74, 6) is -0.119. The minimum Gasteiger partial charge on any atom is -0.345 e. The van der Waals surface area contributed by atoms with Crippen molar-refractivity contribution in [2.75, 3.05) is 19.4 Å². The molecule has 1 atom stereocenters. The zero-order valence-electron chi connectivity index (χ0n) is 13.8. The number of carbonyl (C=O) groups excluding carboxylic acids is 2.